The number of hydrogen-bond donors (Lipinski definition) is 2. The average Bonchev–Trinajstić information content (AvgIpc) is 3.10. The molecular weight excluding hydrogens is 605 g/mol. The van der Waals surface area contributed by atoms with Crippen LogP contribution in [0.15, 0.2) is 91.0 Å². The summed E-state index contributed by atoms with van der Waals surface area (Å²) in [4.78, 5) is 41.1. The molecule has 11 heteroatoms. The number of likely N-dealkylation sites (tertiary alicyclic amines) is 1. The summed E-state index contributed by atoms with van der Waals surface area (Å²) in [6, 6.07) is 24.6. The van der Waals surface area contributed by atoms with E-state index in [0.29, 0.717) is 53.6 Å². The van der Waals surface area contributed by atoms with Crippen molar-refractivity contribution < 1.29 is 37.7 Å². The molecule has 10 nitrogen and oxygen atoms in total. The van der Waals surface area contributed by atoms with Crippen LogP contribution >= 0.6 is 0 Å². The van der Waals surface area contributed by atoms with Crippen LogP contribution in [0.1, 0.15) is 22.3 Å². The first kappa shape index (κ1) is 31.4. The van der Waals surface area contributed by atoms with Gasteiger partial charge in [-0.25, -0.2) is 4.39 Å². The largest absolute Gasteiger partial charge is 0.496 e. The minimum absolute atomic E-state index is 0.162. The van der Waals surface area contributed by atoms with Gasteiger partial charge in [0.05, 0.1) is 13.2 Å². The molecule has 0 saturated carbocycles. The maximum atomic E-state index is 13.8. The van der Waals surface area contributed by atoms with Gasteiger partial charge in [0.2, 0.25) is 0 Å². The Bertz CT molecular complexity index is 1750. The van der Waals surface area contributed by atoms with E-state index in [9.17, 15) is 18.8 Å². The van der Waals surface area contributed by atoms with E-state index in [-0.39, 0.29) is 37.5 Å². The lowest BCUT2D eigenvalue weighted by molar-refractivity contribution is -0.135. The molecule has 3 amide bonds. The summed E-state index contributed by atoms with van der Waals surface area (Å²) in [5, 5.41) is 5.97. The molecule has 0 radical (unpaired) electrons. The van der Waals surface area contributed by atoms with E-state index in [0.717, 1.165) is 11.1 Å². The van der Waals surface area contributed by atoms with Gasteiger partial charge in [-0.05, 0) is 77.9 Å². The van der Waals surface area contributed by atoms with Crippen molar-refractivity contribution in [2.45, 2.75) is 25.1 Å². The van der Waals surface area contributed by atoms with Crippen LogP contribution in [-0.4, -0.2) is 68.2 Å². The van der Waals surface area contributed by atoms with Crippen LogP contribution in [0.2, 0.25) is 0 Å². The summed E-state index contributed by atoms with van der Waals surface area (Å²) in [6.45, 7) is 0.490. The third-order valence-corrected chi connectivity index (χ3v) is 8.07. The number of benzene rings is 4. The van der Waals surface area contributed by atoms with Crippen molar-refractivity contribution >= 4 is 17.7 Å². The van der Waals surface area contributed by atoms with E-state index in [1.165, 1.54) is 24.3 Å². The molecule has 7 rings (SSSR count). The van der Waals surface area contributed by atoms with Crippen LogP contribution in [0.4, 0.5) is 4.39 Å². The molecule has 1 saturated heterocycles. The number of fused-ring (bicyclic) bond motifs is 7. The quantitative estimate of drug-likeness (QED) is 0.341. The molecule has 0 aromatic heterocycles. The van der Waals surface area contributed by atoms with E-state index >= 15 is 0 Å². The van der Waals surface area contributed by atoms with E-state index in [1.807, 2.05) is 30.3 Å². The van der Waals surface area contributed by atoms with E-state index in [4.69, 9.17) is 18.9 Å². The first-order chi connectivity index (χ1) is 22.8. The first-order valence-corrected chi connectivity index (χ1v) is 15.3. The summed E-state index contributed by atoms with van der Waals surface area (Å²) in [7, 11) is 1.55. The third-order valence-electron chi connectivity index (χ3n) is 8.07. The van der Waals surface area contributed by atoms with Crippen molar-refractivity contribution in [3.8, 4) is 34.1 Å². The zero-order valence-corrected chi connectivity index (χ0v) is 25.7. The molecular formula is C36H34FN3O7. The normalized spacial score (nSPS) is 18.0. The Hall–Kier alpha value is -5.58. The Morgan fingerprint density at radius 2 is 1.77 bits per heavy atom. The summed E-state index contributed by atoms with van der Waals surface area (Å²) in [6.07, 6.45) is 0.00909. The molecule has 6 bridgehead atoms. The Morgan fingerprint density at radius 3 is 2.55 bits per heavy atom. The fraction of sp³-hybridized carbons (Fsp3) is 0.250. The summed E-state index contributed by atoms with van der Waals surface area (Å²) in [5.41, 5.74) is 2.65. The number of ether oxygens (including phenoxy) is 4. The molecule has 47 heavy (non-hydrogen) atoms. The van der Waals surface area contributed by atoms with Gasteiger partial charge in [-0.1, -0.05) is 24.3 Å². The SMILES string of the molecule is COc1ccc2cc1-c1cccc(c1)OCC(=O)NCc1ccc(cc1)O[C@@H]1CCN(C(=O)COc3ccc(F)cc3)C[C@H]1NC2=O. The topological polar surface area (TPSA) is 115 Å². The second-order valence-corrected chi connectivity index (χ2v) is 11.3. The standard InChI is InChI=1S/C36H34FN3O7/c1-44-32-14-7-25-18-30(32)24-3-2-4-29(17-24)45-21-34(41)38-19-23-5-10-28(11-6-23)47-33-15-16-40(20-31(33)39-36(25)43)35(42)22-46-27-12-8-26(37)9-13-27/h2-14,17-18,31,33H,15-16,19-22H2,1H3,(H,38,41)(H,39,43)/t31-,33-/m1/s1. The van der Waals surface area contributed by atoms with Gasteiger partial charge in [0, 0.05) is 37.2 Å². The molecule has 0 unspecified atom stereocenters. The van der Waals surface area contributed by atoms with Gasteiger partial charge in [0.1, 0.15) is 34.9 Å². The summed E-state index contributed by atoms with van der Waals surface area (Å²) >= 11 is 0. The minimum Gasteiger partial charge on any atom is -0.496 e. The molecule has 2 N–H and O–H groups in total. The molecule has 3 aliphatic heterocycles. The van der Waals surface area contributed by atoms with Gasteiger partial charge in [-0.2, -0.15) is 0 Å². The predicted molar refractivity (Wildman–Crippen MR) is 171 cm³/mol. The number of rotatable bonds is 4. The molecule has 4 aromatic rings. The Morgan fingerprint density at radius 1 is 0.957 bits per heavy atom. The van der Waals surface area contributed by atoms with Crippen molar-refractivity contribution in [1.29, 1.82) is 0 Å². The van der Waals surface area contributed by atoms with Crippen molar-refractivity contribution in [1.82, 2.24) is 15.5 Å². The fourth-order valence-corrected chi connectivity index (χ4v) is 5.55. The lowest BCUT2D eigenvalue weighted by Gasteiger charge is -2.38. The lowest BCUT2D eigenvalue weighted by Crippen LogP contribution is -2.58. The number of methoxy groups -OCH3 is 1. The van der Waals surface area contributed by atoms with Crippen molar-refractivity contribution in [2.75, 3.05) is 33.4 Å². The highest BCUT2D eigenvalue weighted by atomic mass is 19.1. The van der Waals surface area contributed by atoms with Crippen LogP contribution in [0.25, 0.3) is 11.1 Å². The molecule has 4 aromatic carbocycles. The number of carbonyl (C=O) groups excluding carboxylic acids is 3. The molecule has 3 aliphatic rings. The lowest BCUT2D eigenvalue weighted by atomic mass is 9.99. The minimum atomic E-state index is -0.558. The number of nitrogens with zero attached hydrogens (tertiary/aromatic N) is 1. The number of hydrogen-bond acceptors (Lipinski definition) is 7. The zero-order chi connectivity index (χ0) is 32.8. The van der Waals surface area contributed by atoms with E-state index in [1.54, 1.807) is 48.4 Å². The average molecular weight is 640 g/mol. The van der Waals surface area contributed by atoms with Crippen LogP contribution in [-0.2, 0) is 16.1 Å². The predicted octanol–water partition coefficient (Wildman–Crippen LogP) is 4.37. The zero-order valence-electron chi connectivity index (χ0n) is 25.7. The number of nitrogens with one attached hydrogen (secondary N) is 2. The first-order valence-electron chi connectivity index (χ1n) is 15.3. The van der Waals surface area contributed by atoms with E-state index in [2.05, 4.69) is 10.6 Å². The molecule has 0 spiro atoms. The van der Waals surface area contributed by atoms with E-state index < -0.39 is 18.0 Å². The van der Waals surface area contributed by atoms with Gasteiger partial charge >= 0.3 is 0 Å². The number of carbonyl (C=O) groups is 3. The number of amides is 3. The van der Waals surface area contributed by atoms with Gasteiger partial charge in [-0.15, -0.1) is 0 Å². The summed E-state index contributed by atoms with van der Waals surface area (Å²) < 4.78 is 36.6. The number of piperidine rings is 1. The van der Waals surface area contributed by atoms with Gasteiger partial charge in [0.15, 0.2) is 13.2 Å². The Kier molecular flexibility index (Phi) is 9.51. The van der Waals surface area contributed by atoms with Gasteiger partial charge < -0.3 is 34.5 Å². The van der Waals surface area contributed by atoms with Crippen molar-refractivity contribution in [3.63, 3.8) is 0 Å². The number of halogens is 1. The maximum Gasteiger partial charge on any atom is 0.260 e. The van der Waals surface area contributed by atoms with Crippen LogP contribution < -0.4 is 29.6 Å². The van der Waals surface area contributed by atoms with Crippen LogP contribution in [0.3, 0.4) is 0 Å². The van der Waals surface area contributed by atoms with Gasteiger partial charge in [-0.3, -0.25) is 14.4 Å². The van der Waals surface area contributed by atoms with Crippen molar-refractivity contribution in [3.05, 3.63) is 108 Å². The maximum absolute atomic E-state index is 13.8. The highest BCUT2D eigenvalue weighted by molar-refractivity contribution is 5.96. The molecule has 242 valence electrons. The second-order valence-electron chi connectivity index (χ2n) is 11.3. The van der Waals surface area contributed by atoms with Crippen LogP contribution in [0, 0.1) is 5.82 Å². The van der Waals surface area contributed by atoms with Crippen LogP contribution in [0.5, 0.6) is 23.0 Å². The van der Waals surface area contributed by atoms with Crippen molar-refractivity contribution in [2.24, 2.45) is 0 Å². The smallest absolute Gasteiger partial charge is 0.260 e. The molecule has 3 heterocycles. The highest BCUT2D eigenvalue weighted by Crippen LogP contribution is 2.33. The molecule has 1 fully saturated rings. The molecule has 2 atom stereocenters. The van der Waals surface area contributed by atoms with Gasteiger partial charge in [0.25, 0.3) is 17.7 Å². The Balaban J connectivity index is 1.27. The third kappa shape index (κ3) is 7.81. The molecule has 0 aliphatic carbocycles. The highest BCUT2D eigenvalue weighted by Gasteiger charge is 2.34. The fourth-order valence-electron chi connectivity index (χ4n) is 5.55. The second kappa shape index (κ2) is 14.2. The monoisotopic (exact) mass is 639 g/mol. The summed E-state index contributed by atoms with van der Waals surface area (Å²) in [5.74, 6) is 0.727. The Labute approximate surface area is 271 Å².